The first-order chi connectivity index (χ1) is 12.8. The zero-order valence-corrected chi connectivity index (χ0v) is 15.8. The maximum atomic E-state index is 14.4. The summed E-state index contributed by atoms with van der Waals surface area (Å²) in [6.45, 7) is 5.75. The molecule has 0 spiro atoms. The van der Waals surface area contributed by atoms with Gasteiger partial charge in [0.15, 0.2) is 0 Å². The summed E-state index contributed by atoms with van der Waals surface area (Å²) in [5, 5.41) is 0.957. The summed E-state index contributed by atoms with van der Waals surface area (Å²) in [7, 11) is 0. The van der Waals surface area contributed by atoms with Crippen LogP contribution in [0, 0.1) is 5.82 Å². The van der Waals surface area contributed by atoms with Crippen molar-refractivity contribution in [3.8, 4) is 0 Å². The third kappa shape index (κ3) is 4.01. The highest BCUT2D eigenvalue weighted by atomic mass is 35.5. The second-order valence-corrected chi connectivity index (χ2v) is 7.51. The number of allylic oxidation sites excluding steroid dienone is 1. The van der Waals surface area contributed by atoms with Crippen LogP contribution >= 0.6 is 11.6 Å². The van der Waals surface area contributed by atoms with Gasteiger partial charge in [0, 0.05) is 15.8 Å². The molecule has 2 aromatic carbocycles. The standard InChI is InChI=1S/C22H20ClFN2O/c1-14(23)12-22(2,13-15-7-4-3-5-8-15)20-17(21(25)27)11-16-9-6-10-18(24)19(16)26-20/h3-11H,1,12-13H2,2H3,(H2,25,27). The Morgan fingerprint density at radius 1 is 1.22 bits per heavy atom. The van der Waals surface area contributed by atoms with Crippen molar-refractivity contribution >= 4 is 28.4 Å². The maximum absolute atomic E-state index is 14.4. The summed E-state index contributed by atoms with van der Waals surface area (Å²) < 4.78 is 14.4. The predicted octanol–water partition coefficient (Wildman–Crippen LogP) is 5.12. The third-order valence-corrected chi connectivity index (χ3v) is 4.79. The highest BCUT2D eigenvalue weighted by Gasteiger charge is 2.33. The van der Waals surface area contributed by atoms with Crippen molar-refractivity contribution in [3.63, 3.8) is 0 Å². The number of carbonyl (C=O) groups excluding carboxylic acids is 1. The van der Waals surface area contributed by atoms with Crippen LogP contribution in [0.25, 0.3) is 10.9 Å². The zero-order chi connectivity index (χ0) is 19.6. The van der Waals surface area contributed by atoms with Gasteiger partial charge in [0.1, 0.15) is 11.3 Å². The third-order valence-electron chi connectivity index (χ3n) is 4.65. The van der Waals surface area contributed by atoms with Gasteiger partial charge in [-0.15, -0.1) is 0 Å². The van der Waals surface area contributed by atoms with Gasteiger partial charge in [0.25, 0.3) is 5.91 Å². The molecule has 0 saturated carbocycles. The Bertz CT molecular complexity index is 1020. The lowest BCUT2D eigenvalue weighted by Gasteiger charge is -2.31. The Hall–Kier alpha value is -2.72. The van der Waals surface area contributed by atoms with E-state index in [4.69, 9.17) is 17.3 Å². The molecule has 1 amide bonds. The van der Waals surface area contributed by atoms with E-state index in [1.807, 2.05) is 37.3 Å². The molecule has 1 unspecified atom stereocenters. The lowest BCUT2D eigenvalue weighted by atomic mass is 9.75. The molecule has 0 radical (unpaired) electrons. The predicted molar refractivity (Wildman–Crippen MR) is 107 cm³/mol. The van der Waals surface area contributed by atoms with Crippen LogP contribution in [0.2, 0.25) is 0 Å². The molecule has 0 bridgehead atoms. The van der Waals surface area contributed by atoms with Gasteiger partial charge in [-0.1, -0.05) is 67.6 Å². The number of aromatic nitrogens is 1. The molecule has 1 aromatic heterocycles. The van der Waals surface area contributed by atoms with Gasteiger partial charge in [-0.05, 0) is 30.5 Å². The summed E-state index contributed by atoms with van der Waals surface area (Å²) in [6, 6.07) is 16.0. The SMILES string of the molecule is C=C(Cl)CC(C)(Cc1ccccc1)c1nc2c(F)cccc2cc1C(N)=O. The molecule has 0 aliphatic rings. The van der Waals surface area contributed by atoms with Crippen LogP contribution in [0.15, 0.2) is 66.2 Å². The monoisotopic (exact) mass is 382 g/mol. The Morgan fingerprint density at radius 2 is 1.93 bits per heavy atom. The molecule has 0 fully saturated rings. The van der Waals surface area contributed by atoms with E-state index in [1.165, 1.54) is 6.07 Å². The van der Waals surface area contributed by atoms with Gasteiger partial charge in [0.2, 0.25) is 0 Å². The fraction of sp³-hybridized carbons (Fsp3) is 0.182. The number of rotatable bonds is 6. The summed E-state index contributed by atoms with van der Waals surface area (Å²) in [5.41, 5.74) is 6.90. The van der Waals surface area contributed by atoms with Gasteiger partial charge >= 0.3 is 0 Å². The molecule has 0 aliphatic carbocycles. The number of pyridine rings is 1. The Balaban J connectivity index is 2.25. The summed E-state index contributed by atoms with van der Waals surface area (Å²) >= 11 is 6.15. The molecule has 1 atom stereocenters. The molecule has 0 saturated heterocycles. The normalized spacial score (nSPS) is 13.3. The molecule has 3 rings (SSSR count). The molecule has 1 heterocycles. The maximum Gasteiger partial charge on any atom is 0.250 e. The van der Waals surface area contributed by atoms with Gasteiger partial charge < -0.3 is 5.73 Å². The lowest BCUT2D eigenvalue weighted by Crippen LogP contribution is -2.31. The molecule has 3 nitrogen and oxygen atoms in total. The van der Waals surface area contributed by atoms with Crippen LogP contribution in [0.4, 0.5) is 4.39 Å². The number of fused-ring (bicyclic) bond motifs is 1. The van der Waals surface area contributed by atoms with E-state index in [0.29, 0.717) is 29.0 Å². The quantitative estimate of drug-likeness (QED) is 0.643. The van der Waals surface area contributed by atoms with Crippen molar-refractivity contribution in [2.45, 2.75) is 25.2 Å². The number of primary amides is 1. The number of halogens is 2. The van der Waals surface area contributed by atoms with Crippen LogP contribution < -0.4 is 5.73 Å². The van der Waals surface area contributed by atoms with Gasteiger partial charge in [0.05, 0.1) is 11.3 Å². The average molecular weight is 383 g/mol. The Labute approximate surface area is 162 Å². The van der Waals surface area contributed by atoms with Crippen molar-refractivity contribution in [3.05, 3.63) is 88.8 Å². The van der Waals surface area contributed by atoms with Crippen LogP contribution in [-0.4, -0.2) is 10.9 Å². The highest BCUT2D eigenvalue weighted by Crippen LogP contribution is 2.37. The van der Waals surface area contributed by atoms with E-state index in [-0.39, 0.29) is 11.1 Å². The molecule has 3 aromatic rings. The number of nitrogens with two attached hydrogens (primary N) is 1. The van der Waals surface area contributed by atoms with E-state index in [1.54, 1.807) is 18.2 Å². The van der Waals surface area contributed by atoms with Crippen LogP contribution in [0.1, 0.15) is 35.0 Å². The van der Waals surface area contributed by atoms with Gasteiger partial charge in [-0.3, -0.25) is 4.79 Å². The van der Waals surface area contributed by atoms with Crippen molar-refractivity contribution in [1.82, 2.24) is 4.98 Å². The first kappa shape index (κ1) is 19.1. The molecule has 2 N–H and O–H groups in total. The summed E-state index contributed by atoms with van der Waals surface area (Å²) in [5.74, 6) is -1.06. The Morgan fingerprint density at radius 3 is 2.56 bits per heavy atom. The lowest BCUT2D eigenvalue weighted by molar-refractivity contribution is 0.0997. The first-order valence-corrected chi connectivity index (χ1v) is 8.95. The number of nitrogens with zero attached hydrogens (tertiary/aromatic N) is 1. The number of para-hydroxylation sites is 1. The number of hydrogen-bond acceptors (Lipinski definition) is 2. The van der Waals surface area contributed by atoms with Crippen molar-refractivity contribution in [2.75, 3.05) is 0 Å². The number of amides is 1. The molecule has 27 heavy (non-hydrogen) atoms. The van der Waals surface area contributed by atoms with Crippen LogP contribution in [0.5, 0.6) is 0 Å². The Kier molecular flexibility index (Phi) is 5.29. The summed E-state index contributed by atoms with van der Waals surface area (Å²) in [6.07, 6.45) is 0.920. The molecule has 5 heteroatoms. The van der Waals surface area contributed by atoms with E-state index in [9.17, 15) is 9.18 Å². The van der Waals surface area contributed by atoms with E-state index >= 15 is 0 Å². The number of carbonyl (C=O) groups is 1. The highest BCUT2D eigenvalue weighted by molar-refractivity contribution is 6.29. The van der Waals surface area contributed by atoms with Crippen molar-refractivity contribution < 1.29 is 9.18 Å². The number of hydrogen-bond donors (Lipinski definition) is 1. The molecular formula is C22H20ClFN2O. The van der Waals surface area contributed by atoms with E-state index < -0.39 is 17.1 Å². The van der Waals surface area contributed by atoms with E-state index in [2.05, 4.69) is 11.6 Å². The minimum absolute atomic E-state index is 0.206. The average Bonchev–Trinajstić information content (AvgIpc) is 2.61. The molecule has 138 valence electrons. The fourth-order valence-corrected chi connectivity index (χ4v) is 3.80. The topological polar surface area (TPSA) is 56.0 Å². The minimum Gasteiger partial charge on any atom is -0.366 e. The van der Waals surface area contributed by atoms with E-state index in [0.717, 1.165) is 5.56 Å². The summed E-state index contributed by atoms with van der Waals surface area (Å²) in [4.78, 5) is 16.7. The molecular weight excluding hydrogens is 363 g/mol. The second-order valence-electron chi connectivity index (χ2n) is 6.98. The van der Waals surface area contributed by atoms with Crippen molar-refractivity contribution in [2.24, 2.45) is 5.73 Å². The van der Waals surface area contributed by atoms with Gasteiger partial charge in [-0.2, -0.15) is 0 Å². The minimum atomic E-state index is -0.680. The zero-order valence-electron chi connectivity index (χ0n) is 15.0. The molecule has 0 aliphatic heterocycles. The van der Waals surface area contributed by atoms with Crippen LogP contribution in [0.3, 0.4) is 0 Å². The first-order valence-electron chi connectivity index (χ1n) is 8.57. The fourth-order valence-electron chi connectivity index (χ4n) is 3.51. The second kappa shape index (κ2) is 7.49. The van der Waals surface area contributed by atoms with Gasteiger partial charge in [-0.25, -0.2) is 9.37 Å². The number of benzene rings is 2. The van der Waals surface area contributed by atoms with Crippen molar-refractivity contribution in [1.29, 1.82) is 0 Å². The smallest absolute Gasteiger partial charge is 0.250 e. The van der Waals surface area contributed by atoms with Crippen LogP contribution in [-0.2, 0) is 11.8 Å². The largest absolute Gasteiger partial charge is 0.366 e.